The first-order valence-electron chi connectivity index (χ1n) is 7.46. The summed E-state index contributed by atoms with van der Waals surface area (Å²) in [4.78, 5) is 0. The molecule has 3 nitrogen and oxygen atoms in total. The van der Waals surface area contributed by atoms with Gasteiger partial charge in [0.05, 0.1) is 12.6 Å². The van der Waals surface area contributed by atoms with Gasteiger partial charge in [0.25, 0.3) is 0 Å². The molecule has 1 heterocycles. The van der Waals surface area contributed by atoms with Gasteiger partial charge in [-0.3, -0.25) is 0 Å². The van der Waals surface area contributed by atoms with Crippen molar-refractivity contribution in [2.45, 2.75) is 32.7 Å². The summed E-state index contributed by atoms with van der Waals surface area (Å²) in [5.41, 5.74) is 1.14. The molecule has 1 atom stereocenters. The molecule has 0 radical (unpaired) electrons. The summed E-state index contributed by atoms with van der Waals surface area (Å²) >= 11 is 5.89. The SMILES string of the molecule is CCCNC(c1ccc(OCCC)cc1)c1ccc(Cl)o1. The predicted octanol–water partition coefficient (Wildman–Crippen LogP) is 4.81. The van der Waals surface area contributed by atoms with Gasteiger partial charge in [0.1, 0.15) is 11.5 Å². The van der Waals surface area contributed by atoms with Crippen LogP contribution in [-0.4, -0.2) is 13.2 Å². The maximum atomic E-state index is 5.89. The van der Waals surface area contributed by atoms with Crippen molar-refractivity contribution in [1.82, 2.24) is 5.32 Å². The van der Waals surface area contributed by atoms with Gasteiger partial charge in [-0.25, -0.2) is 0 Å². The van der Waals surface area contributed by atoms with Crippen LogP contribution in [0, 0.1) is 0 Å². The van der Waals surface area contributed by atoms with Crippen molar-refractivity contribution in [1.29, 1.82) is 0 Å². The monoisotopic (exact) mass is 307 g/mol. The largest absolute Gasteiger partial charge is 0.494 e. The molecular formula is C17H22ClNO2. The predicted molar refractivity (Wildman–Crippen MR) is 86.1 cm³/mol. The Morgan fingerprint density at radius 1 is 1.10 bits per heavy atom. The first kappa shape index (κ1) is 15.9. The Bertz CT molecular complexity index is 536. The molecule has 0 aliphatic rings. The van der Waals surface area contributed by atoms with Crippen LogP contribution in [0.25, 0.3) is 0 Å². The molecule has 0 saturated heterocycles. The van der Waals surface area contributed by atoms with Crippen molar-refractivity contribution in [2.75, 3.05) is 13.2 Å². The minimum Gasteiger partial charge on any atom is -0.494 e. The molecule has 0 bridgehead atoms. The number of hydrogen-bond acceptors (Lipinski definition) is 3. The fourth-order valence-electron chi connectivity index (χ4n) is 2.13. The lowest BCUT2D eigenvalue weighted by Crippen LogP contribution is -2.22. The molecule has 0 aliphatic carbocycles. The van der Waals surface area contributed by atoms with Crippen molar-refractivity contribution in [3.05, 3.63) is 52.9 Å². The molecule has 1 unspecified atom stereocenters. The highest BCUT2D eigenvalue weighted by Gasteiger charge is 2.17. The first-order valence-corrected chi connectivity index (χ1v) is 7.83. The van der Waals surface area contributed by atoms with E-state index >= 15 is 0 Å². The average molecular weight is 308 g/mol. The van der Waals surface area contributed by atoms with Crippen molar-refractivity contribution < 1.29 is 9.15 Å². The van der Waals surface area contributed by atoms with E-state index in [9.17, 15) is 0 Å². The summed E-state index contributed by atoms with van der Waals surface area (Å²) in [5, 5.41) is 3.90. The Kier molecular flexibility index (Phi) is 6.15. The van der Waals surface area contributed by atoms with Crippen LogP contribution in [0.3, 0.4) is 0 Å². The molecule has 0 spiro atoms. The van der Waals surface area contributed by atoms with E-state index in [2.05, 4.69) is 31.3 Å². The van der Waals surface area contributed by atoms with Crippen molar-refractivity contribution in [3.8, 4) is 5.75 Å². The van der Waals surface area contributed by atoms with Gasteiger partial charge in [0.2, 0.25) is 0 Å². The Balaban J connectivity index is 2.16. The third-order valence-corrected chi connectivity index (χ3v) is 3.37. The summed E-state index contributed by atoms with van der Waals surface area (Å²) in [6.45, 7) is 5.89. The van der Waals surface area contributed by atoms with Gasteiger partial charge in [0.15, 0.2) is 5.22 Å². The molecule has 2 rings (SSSR count). The van der Waals surface area contributed by atoms with Gasteiger partial charge >= 0.3 is 0 Å². The summed E-state index contributed by atoms with van der Waals surface area (Å²) in [5.74, 6) is 1.72. The number of hydrogen-bond donors (Lipinski definition) is 1. The van der Waals surface area contributed by atoms with Crippen LogP contribution >= 0.6 is 11.6 Å². The maximum Gasteiger partial charge on any atom is 0.193 e. The molecule has 0 aliphatic heterocycles. The highest BCUT2D eigenvalue weighted by molar-refractivity contribution is 6.28. The van der Waals surface area contributed by atoms with Crippen LogP contribution in [0.4, 0.5) is 0 Å². The molecular weight excluding hydrogens is 286 g/mol. The second-order valence-electron chi connectivity index (χ2n) is 4.95. The molecule has 0 amide bonds. The zero-order valence-electron chi connectivity index (χ0n) is 12.6. The third kappa shape index (κ3) is 4.51. The van der Waals surface area contributed by atoms with Crippen molar-refractivity contribution in [3.63, 3.8) is 0 Å². The second-order valence-corrected chi connectivity index (χ2v) is 5.32. The number of ether oxygens (including phenoxy) is 1. The lowest BCUT2D eigenvalue weighted by molar-refractivity contribution is 0.317. The lowest BCUT2D eigenvalue weighted by atomic mass is 10.0. The molecule has 0 saturated carbocycles. The standard InChI is InChI=1S/C17H22ClNO2/c1-3-11-19-17(15-9-10-16(18)21-15)13-5-7-14(8-6-13)20-12-4-2/h5-10,17,19H,3-4,11-12H2,1-2H3. The molecule has 4 heteroatoms. The van der Waals surface area contributed by atoms with Crippen molar-refractivity contribution in [2.24, 2.45) is 0 Å². The third-order valence-electron chi connectivity index (χ3n) is 3.16. The lowest BCUT2D eigenvalue weighted by Gasteiger charge is -2.17. The summed E-state index contributed by atoms with van der Waals surface area (Å²) in [7, 11) is 0. The van der Waals surface area contributed by atoms with Gasteiger partial charge in [-0.2, -0.15) is 0 Å². The minimum atomic E-state index is 0.0117. The Morgan fingerprint density at radius 3 is 2.43 bits per heavy atom. The summed E-state index contributed by atoms with van der Waals surface area (Å²) in [6, 6.07) is 11.8. The smallest absolute Gasteiger partial charge is 0.193 e. The fourth-order valence-corrected chi connectivity index (χ4v) is 2.28. The van der Waals surface area contributed by atoms with Crippen molar-refractivity contribution >= 4 is 11.6 Å². The van der Waals surface area contributed by atoms with Gasteiger partial charge < -0.3 is 14.5 Å². The van der Waals surface area contributed by atoms with E-state index in [1.54, 1.807) is 6.07 Å². The Morgan fingerprint density at radius 2 is 1.86 bits per heavy atom. The van der Waals surface area contributed by atoms with Gasteiger partial charge in [-0.1, -0.05) is 26.0 Å². The van der Waals surface area contributed by atoms with Crippen LogP contribution in [0.5, 0.6) is 5.75 Å². The van der Waals surface area contributed by atoms with E-state index in [1.165, 1.54) is 0 Å². The van der Waals surface area contributed by atoms with E-state index in [4.69, 9.17) is 20.8 Å². The number of rotatable bonds is 8. The average Bonchev–Trinajstić information content (AvgIpc) is 2.93. The molecule has 1 aromatic heterocycles. The van der Waals surface area contributed by atoms with Crippen LogP contribution < -0.4 is 10.1 Å². The van der Waals surface area contributed by atoms with Crippen LogP contribution in [-0.2, 0) is 0 Å². The van der Waals surface area contributed by atoms with E-state index < -0.39 is 0 Å². The van der Waals surface area contributed by atoms with Crippen LogP contribution in [0.1, 0.15) is 44.1 Å². The number of nitrogens with one attached hydrogen (secondary N) is 1. The van der Waals surface area contributed by atoms with E-state index in [1.807, 2.05) is 18.2 Å². The number of halogens is 1. The highest BCUT2D eigenvalue weighted by Crippen LogP contribution is 2.27. The molecule has 0 fully saturated rings. The second kappa shape index (κ2) is 8.11. The van der Waals surface area contributed by atoms with Crippen LogP contribution in [0.2, 0.25) is 5.22 Å². The first-order chi connectivity index (χ1) is 10.2. The normalized spacial score (nSPS) is 12.3. The van der Waals surface area contributed by atoms with Crippen LogP contribution in [0.15, 0.2) is 40.8 Å². The number of furan rings is 1. The zero-order valence-corrected chi connectivity index (χ0v) is 13.3. The Hall–Kier alpha value is -1.45. The van der Waals surface area contributed by atoms with Gasteiger partial charge in [-0.05, 0) is 60.8 Å². The molecule has 2 aromatic rings. The minimum absolute atomic E-state index is 0.0117. The van der Waals surface area contributed by atoms with E-state index in [-0.39, 0.29) is 6.04 Å². The maximum absolute atomic E-state index is 5.89. The van der Waals surface area contributed by atoms with Gasteiger partial charge in [-0.15, -0.1) is 0 Å². The van der Waals surface area contributed by atoms with Gasteiger partial charge in [0, 0.05) is 0 Å². The summed E-state index contributed by atoms with van der Waals surface area (Å²) in [6.07, 6.45) is 2.07. The van der Waals surface area contributed by atoms with E-state index in [0.29, 0.717) is 5.22 Å². The molecule has 1 N–H and O–H groups in total. The van der Waals surface area contributed by atoms with E-state index in [0.717, 1.165) is 43.1 Å². The fraction of sp³-hybridized carbons (Fsp3) is 0.412. The quantitative estimate of drug-likeness (QED) is 0.760. The Labute approximate surface area is 131 Å². The zero-order chi connectivity index (χ0) is 15.1. The topological polar surface area (TPSA) is 34.4 Å². The highest BCUT2D eigenvalue weighted by atomic mass is 35.5. The molecule has 114 valence electrons. The summed E-state index contributed by atoms with van der Waals surface area (Å²) < 4.78 is 11.2. The molecule has 21 heavy (non-hydrogen) atoms. The number of benzene rings is 1. The molecule has 1 aromatic carbocycles.